The minimum Gasteiger partial charge on any atom is -0.480 e. The number of aliphatic carboxylic acids is 1. The Balaban J connectivity index is 2.76. The van der Waals surface area contributed by atoms with Gasteiger partial charge < -0.3 is 14.7 Å². The number of amides is 1. The summed E-state index contributed by atoms with van der Waals surface area (Å²) in [5, 5.41) is 8.86. The van der Waals surface area contributed by atoms with Crippen LogP contribution in [0.1, 0.15) is 6.42 Å². The number of ether oxygens (including phenoxy) is 1. The van der Waals surface area contributed by atoms with Gasteiger partial charge in [0.25, 0.3) is 0 Å². The minimum atomic E-state index is -1.00. The molecule has 0 radical (unpaired) electrons. The third-order valence-corrected chi connectivity index (χ3v) is 2.34. The van der Waals surface area contributed by atoms with Crippen molar-refractivity contribution < 1.29 is 19.4 Å². The van der Waals surface area contributed by atoms with E-state index in [1.54, 1.807) is 0 Å². The van der Waals surface area contributed by atoms with Crippen molar-refractivity contribution in [3.63, 3.8) is 0 Å². The maximum Gasteiger partial charge on any atom is 0.326 e. The van der Waals surface area contributed by atoms with Crippen molar-refractivity contribution in [1.82, 2.24) is 4.90 Å². The van der Waals surface area contributed by atoms with Crippen LogP contribution in [0.25, 0.3) is 0 Å². The van der Waals surface area contributed by atoms with E-state index in [1.807, 2.05) is 0 Å². The minimum absolute atomic E-state index is 0.194. The number of rotatable bonds is 3. The summed E-state index contributed by atoms with van der Waals surface area (Å²) < 4.78 is 5.02. The van der Waals surface area contributed by atoms with Crippen molar-refractivity contribution in [2.24, 2.45) is 0 Å². The molecule has 1 rings (SSSR count). The number of carboxylic acids is 1. The largest absolute Gasteiger partial charge is 0.480 e. The van der Waals surface area contributed by atoms with Gasteiger partial charge in [-0.15, -0.1) is 0 Å². The van der Waals surface area contributed by atoms with Crippen LogP contribution in [-0.4, -0.2) is 47.7 Å². The van der Waals surface area contributed by atoms with Gasteiger partial charge in [-0.3, -0.25) is 4.79 Å². The smallest absolute Gasteiger partial charge is 0.326 e. The van der Waals surface area contributed by atoms with Gasteiger partial charge in [-0.2, -0.15) is 0 Å². The molecular formula is C9H13NO4. The normalized spacial score (nSPS) is 26.2. The zero-order valence-corrected chi connectivity index (χ0v) is 7.97. The molecule has 2 unspecified atom stereocenters. The summed E-state index contributed by atoms with van der Waals surface area (Å²) in [7, 11) is 1.51. The molecule has 0 aromatic rings. The Bertz CT molecular complexity index is 264. The lowest BCUT2D eigenvalue weighted by atomic mass is 10.2. The lowest BCUT2D eigenvalue weighted by molar-refractivity contribution is -0.146. The van der Waals surface area contributed by atoms with Crippen molar-refractivity contribution in [3.8, 4) is 0 Å². The van der Waals surface area contributed by atoms with Crippen LogP contribution in [0, 0.1) is 0 Å². The first-order valence-electron chi connectivity index (χ1n) is 4.28. The van der Waals surface area contributed by atoms with E-state index in [2.05, 4.69) is 6.58 Å². The lowest BCUT2D eigenvalue weighted by Crippen LogP contribution is -2.39. The first kappa shape index (κ1) is 10.7. The Morgan fingerprint density at radius 2 is 2.29 bits per heavy atom. The monoisotopic (exact) mass is 199 g/mol. The summed E-state index contributed by atoms with van der Waals surface area (Å²) in [6.07, 6.45) is 1.26. The molecule has 0 aromatic carbocycles. The summed E-state index contributed by atoms with van der Waals surface area (Å²) in [4.78, 5) is 23.4. The second-order valence-corrected chi connectivity index (χ2v) is 3.14. The van der Waals surface area contributed by atoms with Crippen LogP contribution in [0.4, 0.5) is 0 Å². The van der Waals surface area contributed by atoms with Gasteiger partial charge in [-0.05, 0) is 6.08 Å². The standard InChI is InChI=1S/C9H13NO4/c1-3-8(11)10-5-6(14-2)4-7(10)9(12)13/h3,6-7H,1,4-5H2,2H3,(H,12,13). The van der Waals surface area contributed by atoms with E-state index in [0.29, 0.717) is 13.0 Å². The molecule has 1 saturated heterocycles. The summed E-state index contributed by atoms with van der Waals surface area (Å²) in [6, 6.07) is -0.787. The molecule has 1 fully saturated rings. The summed E-state index contributed by atoms with van der Waals surface area (Å²) in [5.41, 5.74) is 0. The van der Waals surface area contributed by atoms with Gasteiger partial charge in [0, 0.05) is 20.1 Å². The molecule has 0 aliphatic carbocycles. The number of carbonyl (C=O) groups excluding carboxylic acids is 1. The fraction of sp³-hybridized carbons (Fsp3) is 0.556. The quantitative estimate of drug-likeness (QED) is 0.643. The fourth-order valence-electron chi connectivity index (χ4n) is 1.56. The second kappa shape index (κ2) is 4.23. The van der Waals surface area contributed by atoms with Gasteiger partial charge in [-0.25, -0.2) is 4.79 Å². The Hall–Kier alpha value is -1.36. The molecular weight excluding hydrogens is 186 g/mol. The van der Waals surface area contributed by atoms with E-state index < -0.39 is 12.0 Å². The van der Waals surface area contributed by atoms with E-state index in [0.717, 1.165) is 6.08 Å². The Kier molecular flexibility index (Phi) is 3.24. The molecule has 0 aromatic heterocycles. The van der Waals surface area contributed by atoms with E-state index in [-0.39, 0.29) is 12.0 Å². The van der Waals surface area contributed by atoms with Crippen LogP contribution >= 0.6 is 0 Å². The van der Waals surface area contributed by atoms with Crippen LogP contribution in [0.5, 0.6) is 0 Å². The van der Waals surface area contributed by atoms with Crippen molar-refractivity contribution in [2.75, 3.05) is 13.7 Å². The van der Waals surface area contributed by atoms with Gasteiger partial charge in [-0.1, -0.05) is 6.58 Å². The second-order valence-electron chi connectivity index (χ2n) is 3.14. The lowest BCUT2D eigenvalue weighted by Gasteiger charge is -2.18. The number of hydrogen-bond acceptors (Lipinski definition) is 3. The average molecular weight is 199 g/mol. The first-order chi connectivity index (χ1) is 6.60. The van der Waals surface area contributed by atoms with Crippen LogP contribution in [0.3, 0.4) is 0 Å². The molecule has 5 nitrogen and oxygen atoms in total. The third kappa shape index (κ3) is 1.93. The van der Waals surface area contributed by atoms with Crippen molar-refractivity contribution in [2.45, 2.75) is 18.6 Å². The number of methoxy groups -OCH3 is 1. The molecule has 78 valence electrons. The Labute approximate surface area is 82.0 Å². The molecule has 14 heavy (non-hydrogen) atoms. The Morgan fingerprint density at radius 1 is 1.64 bits per heavy atom. The molecule has 1 aliphatic heterocycles. The molecule has 0 saturated carbocycles. The van der Waals surface area contributed by atoms with Crippen molar-refractivity contribution in [1.29, 1.82) is 0 Å². The van der Waals surface area contributed by atoms with Gasteiger partial charge in [0.1, 0.15) is 6.04 Å². The van der Waals surface area contributed by atoms with Crippen LogP contribution < -0.4 is 0 Å². The number of likely N-dealkylation sites (tertiary alicyclic amines) is 1. The summed E-state index contributed by atoms with van der Waals surface area (Å²) in [5.74, 6) is -1.36. The molecule has 5 heteroatoms. The van der Waals surface area contributed by atoms with Crippen LogP contribution in [0.2, 0.25) is 0 Å². The maximum absolute atomic E-state index is 11.3. The Morgan fingerprint density at radius 3 is 2.71 bits per heavy atom. The van der Waals surface area contributed by atoms with Crippen molar-refractivity contribution in [3.05, 3.63) is 12.7 Å². The van der Waals surface area contributed by atoms with Gasteiger partial charge >= 0.3 is 5.97 Å². The highest BCUT2D eigenvalue weighted by molar-refractivity contribution is 5.91. The summed E-state index contributed by atoms with van der Waals surface area (Å²) in [6.45, 7) is 3.64. The fourth-order valence-corrected chi connectivity index (χ4v) is 1.56. The molecule has 1 heterocycles. The number of hydrogen-bond donors (Lipinski definition) is 1. The van der Waals surface area contributed by atoms with Crippen molar-refractivity contribution >= 4 is 11.9 Å². The zero-order chi connectivity index (χ0) is 10.7. The molecule has 1 N–H and O–H groups in total. The van der Waals surface area contributed by atoms with E-state index in [9.17, 15) is 9.59 Å². The van der Waals surface area contributed by atoms with Gasteiger partial charge in [0.15, 0.2) is 0 Å². The van der Waals surface area contributed by atoms with Crippen LogP contribution in [-0.2, 0) is 14.3 Å². The van der Waals surface area contributed by atoms with Crippen LogP contribution in [0.15, 0.2) is 12.7 Å². The highest BCUT2D eigenvalue weighted by atomic mass is 16.5. The molecule has 0 bridgehead atoms. The first-order valence-corrected chi connectivity index (χ1v) is 4.28. The average Bonchev–Trinajstić information content (AvgIpc) is 2.60. The zero-order valence-electron chi connectivity index (χ0n) is 7.97. The number of carboxylic acid groups (broad SMARTS) is 1. The van der Waals surface area contributed by atoms with Gasteiger partial charge in [0.05, 0.1) is 6.10 Å². The van der Waals surface area contributed by atoms with Gasteiger partial charge in [0.2, 0.25) is 5.91 Å². The number of nitrogens with zero attached hydrogens (tertiary/aromatic N) is 1. The third-order valence-electron chi connectivity index (χ3n) is 2.34. The molecule has 0 spiro atoms. The SMILES string of the molecule is C=CC(=O)N1CC(OC)CC1C(=O)O. The molecule has 1 amide bonds. The molecule has 1 aliphatic rings. The molecule has 2 atom stereocenters. The maximum atomic E-state index is 11.3. The highest BCUT2D eigenvalue weighted by Crippen LogP contribution is 2.20. The highest BCUT2D eigenvalue weighted by Gasteiger charge is 2.38. The van der Waals surface area contributed by atoms with E-state index in [1.165, 1.54) is 12.0 Å². The topological polar surface area (TPSA) is 66.8 Å². The predicted molar refractivity (Wildman–Crippen MR) is 48.7 cm³/mol. The number of carbonyl (C=O) groups is 2. The predicted octanol–water partition coefficient (Wildman–Crippen LogP) is -0.127. The summed E-state index contributed by atoms with van der Waals surface area (Å²) >= 11 is 0. The van der Waals surface area contributed by atoms with E-state index >= 15 is 0 Å². The van der Waals surface area contributed by atoms with E-state index in [4.69, 9.17) is 9.84 Å².